The van der Waals surface area contributed by atoms with E-state index in [1.807, 2.05) is 0 Å². The second kappa shape index (κ2) is 6.17. The van der Waals surface area contributed by atoms with Crippen LogP contribution >= 0.6 is 0 Å². The minimum atomic E-state index is 0.288. The van der Waals surface area contributed by atoms with E-state index >= 15 is 0 Å². The molecule has 1 heterocycles. The van der Waals surface area contributed by atoms with Crippen LogP contribution in [0, 0.1) is 0 Å². The lowest BCUT2D eigenvalue weighted by molar-refractivity contribution is 0.133. The summed E-state index contributed by atoms with van der Waals surface area (Å²) in [5, 5.41) is 0. The number of likely N-dealkylation sites (tertiary alicyclic amines) is 1. The summed E-state index contributed by atoms with van der Waals surface area (Å²) in [6.07, 6.45) is 2.75. The molecule has 1 atom stereocenters. The van der Waals surface area contributed by atoms with Gasteiger partial charge in [0.1, 0.15) is 0 Å². The smallest absolute Gasteiger partial charge is 0.0223 e. The van der Waals surface area contributed by atoms with Gasteiger partial charge in [-0.25, -0.2) is 0 Å². The molecule has 102 valence electrons. The second-order valence-corrected chi connectivity index (χ2v) is 6.69. The molecule has 0 aliphatic carbocycles. The van der Waals surface area contributed by atoms with Gasteiger partial charge in [-0.2, -0.15) is 0 Å². The van der Waals surface area contributed by atoms with Gasteiger partial charge in [-0.05, 0) is 61.3 Å². The summed E-state index contributed by atoms with van der Waals surface area (Å²) in [5.74, 6) is 0. The van der Waals surface area contributed by atoms with Crippen molar-refractivity contribution in [1.29, 1.82) is 0 Å². The molecule has 0 radical (unpaired) electrons. The maximum absolute atomic E-state index is 2.67. The Hall–Kier alpha value is -0.120. The normalized spacial score (nSPS) is 22.9. The predicted octanol–water partition coefficient (Wildman–Crippen LogP) is 1.74. The van der Waals surface area contributed by atoms with Crippen LogP contribution in [0.15, 0.2) is 0 Å². The van der Waals surface area contributed by atoms with Crippen molar-refractivity contribution in [2.24, 2.45) is 0 Å². The van der Waals surface area contributed by atoms with Gasteiger partial charge in [0.05, 0.1) is 0 Å². The van der Waals surface area contributed by atoms with Crippen LogP contribution in [0.4, 0.5) is 0 Å². The van der Waals surface area contributed by atoms with E-state index in [0.717, 1.165) is 6.04 Å². The van der Waals surface area contributed by atoms with Crippen LogP contribution in [0.5, 0.6) is 0 Å². The highest BCUT2D eigenvalue weighted by Crippen LogP contribution is 2.18. The molecule has 17 heavy (non-hydrogen) atoms. The Labute approximate surface area is 108 Å². The van der Waals surface area contributed by atoms with Crippen molar-refractivity contribution in [3.8, 4) is 0 Å². The SMILES string of the molecule is CN(C)C[C@H]1CCCN1CCN(C)C(C)(C)C. The Morgan fingerprint density at radius 3 is 2.35 bits per heavy atom. The van der Waals surface area contributed by atoms with Crippen LogP contribution in [0.2, 0.25) is 0 Å². The summed E-state index contributed by atoms with van der Waals surface area (Å²) in [7, 11) is 6.59. The first-order chi connectivity index (χ1) is 7.80. The summed E-state index contributed by atoms with van der Waals surface area (Å²) >= 11 is 0. The minimum Gasteiger partial charge on any atom is -0.308 e. The molecule has 1 aliphatic rings. The number of nitrogens with zero attached hydrogens (tertiary/aromatic N) is 3. The predicted molar refractivity (Wildman–Crippen MR) is 75.5 cm³/mol. The van der Waals surface area contributed by atoms with Crippen LogP contribution in [0.1, 0.15) is 33.6 Å². The fourth-order valence-corrected chi connectivity index (χ4v) is 2.43. The van der Waals surface area contributed by atoms with Crippen molar-refractivity contribution >= 4 is 0 Å². The molecule has 0 amide bonds. The molecule has 0 aromatic heterocycles. The van der Waals surface area contributed by atoms with E-state index in [9.17, 15) is 0 Å². The molecule has 1 fully saturated rings. The summed E-state index contributed by atoms with van der Waals surface area (Å²) in [6, 6.07) is 0.776. The molecule has 0 N–H and O–H groups in total. The zero-order chi connectivity index (χ0) is 13.1. The van der Waals surface area contributed by atoms with E-state index < -0.39 is 0 Å². The quantitative estimate of drug-likeness (QED) is 0.726. The van der Waals surface area contributed by atoms with E-state index in [4.69, 9.17) is 0 Å². The lowest BCUT2D eigenvalue weighted by Gasteiger charge is -2.35. The highest BCUT2D eigenvalue weighted by molar-refractivity contribution is 4.82. The first-order valence-corrected chi connectivity index (χ1v) is 6.90. The Kier molecular flexibility index (Phi) is 5.42. The monoisotopic (exact) mass is 241 g/mol. The Morgan fingerprint density at radius 1 is 1.18 bits per heavy atom. The van der Waals surface area contributed by atoms with Crippen LogP contribution in [0.25, 0.3) is 0 Å². The highest BCUT2D eigenvalue weighted by atomic mass is 15.3. The topological polar surface area (TPSA) is 9.72 Å². The molecular formula is C14H31N3. The van der Waals surface area contributed by atoms with Crippen molar-refractivity contribution in [3.05, 3.63) is 0 Å². The molecule has 0 bridgehead atoms. The number of likely N-dealkylation sites (N-methyl/N-ethyl adjacent to an activating group) is 2. The van der Waals surface area contributed by atoms with Gasteiger partial charge in [0, 0.05) is 31.2 Å². The van der Waals surface area contributed by atoms with E-state index in [1.165, 1.54) is 39.0 Å². The molecular weight excluding hydrogens is 210 g/mol. The third-order valence-corrected chi connectivity index (χ3v) is 3.94. The third-order valence-electron chi connectivity index (χ3n) is 3.94. The summed E-state index contributed by atoms with van der Waals surface area (Å²) in [4.78, 5) is 7.44. The van der Waals surface area contributed by atoms with Gasteiger partial charge in [0.15, 0.2) is 0 Å². The summed E-state index contributed by atoms with van der Waals surface area (Å²) < 4.78 is 0. The van der Waals surface area contributed by atoms with Gasteiger partial charge in [-0.15, -0.1) is 0 Å². The lowest BCUT2D eigenvalue weighted by Crippen LogP contribution is -2.45. The van der Waals surface area contributed by atoms with Crippen LogP contribution in [-0.2, 0) is 0 Å². The van der Waals surface area contributed by atoms with Crippen molar-refractivity contribution in [1.82, 2.24) is 14.7 Å². The standard InChI is InChI=1S/C14H31N3/c1-14(2,3)16(6)10-11-17-9-7-8-13(17)12-15(4)5/h13H,7-12H2,1-6H3/t13-/m1/s1. The molecule has 0 aromatic carbocycles. The zero-order valence-corrected chi connectivity index (χ0v) is 12.7. The zero-order valence-electron chi connectivity index (χ0n) is 12.7. The van der Waals surface area contributed by atoms with Crippen LogP contribution in [-0.4, -0.2) is 73.6 Å². The van der Waals surface area contributed by atoms with Gasteiger partial charge >= 0.3 is 0 Å². The van der Waals surface area contributed by atoms with Crippen LogP contribution in [0.3, 0.4) is 0 Å². The highest BCUT2D eigenvalue weighted by Gasteiger charge is 2.25. The number of hydrogen-bond donors (Lipinski definition) is 0. The average molecular weight is 241 g/mol. The van der Waals surface area contributed by atoms with Gasteiger partial charge < -0.3 is 9.80 Å². The Bertz CT molecular complexity index is 220. The van der Waals surface area contributed by atoms with Crippen molar-refractivity contribution in [3.63, 3.8) is 0 Å². The largest absolute Gasteiger partial charge is 0.308 e. The van der Waals surface area contributed by atoms with Gasteiger partial charge in [-0.3, -0.25) is 4.90 Å². The molecule has 0 spiro atoms. The fourth-order valence-electron chi connectivity index (χ4n) is 2.43. The average Bonchev–Trinajstić information content (AvgIpc) is 2.59. The molecule has 1 aliphatic heterocycles. The number of rotatable bonds is 5. The first-order valence-electron chi connectivity index (χ1n) is 6.90. The Balaban J connectivity index is 2.35. The fraction of sp³-hybridized carbons (Fsp3) is 1.00. The molecule has 1 saturated heterocycles. The van der Waals surface area contributed by atoms with Gasteiger partial charge in [-0.1, -0.05) is 0 Å². The molecule has 0 aromatic rings. The van der Waals surface area contributed by atoms with E-state index in [1.54, 1.807) is 0 Å². The third kappa shape index (κ3) is 4.94. The molecule has 3 nitrogen and oxygen atoms in total. The maximum atomic E-state index is 2.67. The molecule has 1 rings (SSSR count). The molecule has 3 heteroatoms. The maximum Gasteiger partial charge on any atom is 0.0223 e. The second-order valence-electron chi connectivity index (χ2n) is 6.69. The van der Waals surface area contributed by atoms with Gasteiger partial charge in [0.2, 0.25) is 0 Å². The lowest BCUT2D eigenvalue weighted by atomic mass is 10.1. The van der Waals surface area contributed by atoms with Crippen molar-refractivity contribution in [2.75, 3.05) is 47.3 Å². The van der Waals surface area contributed by atoms with E-state index in [0.29, 0.717) is 0 Å². The van der Waals surface area contributed by atoms with E-state index in [-0.39, 0.29) is 5.54 Å². The molecule has 0 unspecified atom stereocenters. The summed E-state index contributed by atoms with van der Waals surface area (Å²) in [5.41, 5.74) is 0.288. The van der Waals surface area contributed by atoms with Crippen molar-refractivity contribution < 1.29 is 0 Å². The minimum absolute atomic E-state index is 0.288. The van der Waals surface area contributed by atoms with Gasteiger partial charge in [0.25, 0.3) is 0 Å². The summed E-state index contributed by atoms with van der Waals surface area (Å²) in [6.45, 7) is 11.7. The Morgan fingerprint density at radius 2 is 1.82 bits per heavy atom. The first kappa shape index (κ1) is 14.9. The van der Waals surface area contributed by atoms with Crippen molar-refractivity contribution in [2.45, 2.75) is 45.2 Å². The van der Waals surface area contributed by atoms with E-state index in [2.05, 4.69) is 56.6 Å². The molecule has 0 saturated carbocycles. The van der Waals surface area contributed by atoms with Crippen LogP contribution < -0.4 is 0 Å². The number of hydrogen-bond acceptors (Lipinski definition) is 3.